The normalized spacial score (nSPS) is 17.6. The van der Waals surface area contributed by atoms with Gasteiger partial charge in [0.2, 0.25) is 0 Å². The van der Waals surface area contributed by atoms with E-state index in [1.165, 1.54) is 6.26 Å². The van der Waals surface area contributed by atoms with E-state index in [0.717, 1.165) is 0 Å². The molecule has 1 heterocycles. The summed E-state index contributed by atoms with van der Waals surface area (Å²) < 4.78 is 5.18. The largest absolute Gasteiger partial charge is 0.459 e. The second kappa shape index (κ2) is 7.42. The molecule has 0 spiro atoms. The minimum atomic E-state index is -0.270. The number of rotatable bonds is 4. The van der Waals surface area contributed by atoms with Gasteiger partial charge in [-0.15, -0.1) is 0 Å². The van der Waals surface area contributed by atoms with Crippen LogP contribution in [0, 0.1) is 0 Å². The molecule has 0 bridgehead atoms. The van der Waals surface area contributed by atoms with Crippen LogP contribution < -0.4 is 5.43 Å². The standard InChI is InChI=1S/C19H18N2O2/c22-19(18-14-9-15-23-18)20-21(16-10-5-1-2-6-11-16)17-12-7-3-4-8-13-17/h1-17H,(H,20,22). The van der Waals surface area contributed by atoms with Gasteiger partial charge in [-0.05, 0) is 12.1 Å². The van der Waals surface area contributed by atoms with Crippen LogP contribution >= 0.6 is 0 Å². The molecule has 4 nitrogen and oxygen atoms in total. The third-order valence-electron chi connectivity index (χ3n) is 3.52. The zero-order valence-corrected chi connectivity index (χ0v) is 12.6. The summed E-state index contributed by atoms with van der Waals surface area (Å²) in [6.45, 7) is 0. The summed E-state index contributed by atoms with van der Waals surface area (Å²) in [5.74, 6) is 0.0161. The van der Waals surface area contributed by atoms with E-state index in [0.29, 0.717) is 0 Å². The van der Waals surface area contributed by atoms with Crippen LogP contribution in [0.4, 0.5) is 0 Å². The van der Waals surface area contributed by atoms with E-state index in [2.05, 4.69) is 5.43 Å². The predicted octanol–water partition coefficient (Wildman–Crippen LogP) is 3.33. The van der Waals surface area contributed by atoms with E-state index in [9.17, 15) is 4.79 Å². The summed E-state index contributed by atoms with van der Waals surface area (Å²) in [5, 5.41) is 1.89. The summed E-state index contributed by atoms with van der Waals surface area (Å²) in [7, 11) is 0. The van der Waals surface area contributed by atoms with Crippen molar-refractivity contribution in [3.8, 4) is 0 Å². The topological polar surface area (TPSA) is 45.5 Å². The van der Waals surface area contributed by atoms with Crippen molar-refractivity contribution >= 4 is 5.91 Å². The molecule has 1 amide bonds. The number of allylic oxidation sites excluding steroid dienone is 8. The molecule has 0 unspecified atom stereocenters. The van der Waals surface area contributed by atoms with E-state index in [1.54, 1.807) is 12.1 Å². The molecule has 0 aromatic carbocycles. The smallest absolute Gasteiger partial charge is 0.301 e. The Kier molecular flexibility index (Phi) is 4.86. The summed E-state index contributed by atoms with van der Waals surface area (Å²) >= 11 is 0. The molecular formula is C19H18N2O2. The molecule has 3 rings (SSSR count). The third kappa shape index (κ3) is 3.87. The first-order valence-corrected chi connectivity index (χ1v) is 7.51. The van der Waals surface area contributed by atoms with Crippen LogP contribution in [0.15, 0.2) is 95.7 Å². The van der Waals surface area contributed by atoms with Crippen molar-refractivity contribution < 1.29 is 9.21 Å². The fraction of sp³-hybridized carbons (Fsp3) is 0.105. The monoisotopic (exact) mass is 306 g/mol. The third-order valence-corrected chi connectivity index (χ3v) is 3.52. The van der Waals surface area contributed by atoms with Crippen LogP contribution in [0.5, 0.6) is 0 Å². The minimum absolute atomic E-state index is 0.0682. The Bertz CT molecular complexity index is 636. The van der Waals surface area contributed by atoms with Crippen molar-refractivity contribution in [2.75, 3.05) is 0 Å². The number of hydrazine groups is 1. The van der Waals surface area contributed by atoms with Crippen molar-refractivity contribution in [1.29, 1.82) is 0 Å². The molecule has 0 saturated heterocycles. The molecule has 2 aliphatic rings. The summed E-state index contributed by atoms with van der Waals surface area (Å²) in [4.78, 5) is 12.4. The zero-order valence-electron chi connectivity index (χ0n) is 12.6. The van der Waals surface area contributed by atoms with Gasteiger partial charge < -0.3 is 4.42 Å². The first-order valence-electron chi connectivity index (χ1n) is 7.51. The van der Waals surface area contributed by atoms with Crippen molar-refractivity contribution in [1.82, 2.24) is 10.4 Å². The maximum Gasteiger partial charge on any atom is 0.301 e. The predicted molar refractivity (Wildman–Crippen MR) is 90.4 cm³/mol. The minimum Gasteiger partial charge on any atom is -0.459 e. The van der Waals surface area contributed by atoms with Crippen LogP contribution in [0.25, 0.3) is 0 Å². The second-order valence-corrected chi connectivity index (χ2v) is 5.12. The number of carbonyl (C=O) groups is 1. The van der Waals surface area contributed by atoms with Gasteiger partial charge in [0.05, 0.1) is 18.3 Å². The molecule has 0 aliphatic heterocycles. The highest BCUT2D eigenvalue weighted by Gasteiger charge is 2.23. The molecule has 4 heteroatoms. The Morgan fingerprint density at radius 3 is 1.83 bits per heavy atom. The van der Waals surface area contributed by atoms with Crippen molar-refractivity contribution in [2.45, 2.75) is 12.1 Å². The number of furan rings is 1. The van der Waals surface area contributed by atoms with Crippen LogP contribution in [-0.2, 0) is 0 Å². The maximum atomic E-state index is 12.4. The van der Waals surface area contributed by atoms with Crippen LogP contribution in [0.3, 0.4) is 0 Å². The average molecular weight is 306 g/mol. The molecular weight excluding hydrogens is 288 g/mol. The van der Waals surface area contributed by atoms with Crippen molar-refractivity contribution in [3.63, 3.8) is 0 Å². The highest BCUT2D eigenvalue weighted by molar-refractivity contribution is 5.91. The van der Waals surface area contributed by atoms with Gasteiger partial charge in [-0.3, -0.25) is 10.2 Å². The van der Waals surface area contributed by atoms with Gasteiger partial charge in [0, 0.05) is 0 Å². The number of hydrogen-bond donors (Lipinski definition) is 1. The number of nitrogens with one attached hydrogen (secondary N) is 1. The number of amides is 1. The summed E-state index contributed by atoms with van der Waals surface area (Å²) in [6.07, 6.45) is 25.3. The molecule has 2 aliphatic carbocycles. The lowest BCUT2D eigenvalue weighted by Gasteiger charge is -2.32. The van der Waals surface area contributed by atoms with Gasteiger partial charge in [-0.1, -0.05) is 72.9 Å². The van der Waals surface area contributed by atoms with Crippen LogP contribution in [0.1, 0.15) is 10.6 Å². The van der Waals surface area contributed by atoms with E-state index < -0.39 is 0 Å². The zero-order chi connectivity index (χ0) is 15.9. The fourth-order valence-corrected chi connectivity index (χ4v) is 2.40. The maximum absolute atomic E-state index is 12.4. The van der Waals surface area contributed by atoms with Crippen LogP contribution in [0.2, 0.25) is 0 Å². The lowest BCUT2D eigenvalue weighted by Crippen LogP contribution is -2.51. The Hall–Kier alpha value is -2.85. The first kappa shape index (κ1) is 15.1. The highest BCUT2D eigenvalue weighted by atomic mass is 16.3. The average Bonchev–Trinajstić information content (AvgIpc) is 2.81. The summed E-state index contributed by atoms with van der Waals surface area (Å²) in [5.41, 5.74) is 2.95. The SMILES string of the molecule is O=C(NN(C1C=CC=CC=C1)C1C=CC=CC=C1)c1ccco1. The molecule has 0 radical (unpaired) electrons. The van der Waals surface area contributed by atoms with Gasteiger partial charge in [0.25, 0.3) is 0 Å². The second-order valence-electron chi connectivity index (χ2n) is 5.12. The highest BCUT2D eigenvalue weighted by Crippen LogP contribution is 2.14. The lowest BCUT2D eigenvalue weighted by atomic mass is 10.1. The van der Waals surface area contributed by atoms with Crippen molar-refractivity contribution in [3.05, 3.63) is 97.1 Å². The fourth-order valence-electron chi connectivity index (χ4n) is 2.40. The van der Waals surface area contributed by atoms with Crippen LogP contribution in [-0.4, -0.2) is 23.0 Å². The Morgan fingerprint density at radius 1 is 0.870 bits per heavy atom. The number of hydrogen-bond acceptors (Lipinski definition) is 3. The molecule has 1 aromatic heterocycles. The summed E-state index contributed by atoms with van der Waals surface area (Å²) in [6, 6.07) is 3.21. The van der Waals surface area contributed by atoms with Gasteiger partial charge in [-0.2, -0.15) is 5.01 Å². The van der Waals surface area contributed by atoms with Gasteiger partial charge in [0.15, 0.2) is 5.76 Å². The number of nitrogens with zero attached hydrogens (tertiary/aromatic N) is 1. The Morgan fingerprint density at radius 2 is 1.39 bits per heavy atom. The molecule has 23 heavy (non-hydrogen) atoms. The molecule has 1 N–H and O–H groups in total. The van der Waals surface area contributed by atoms with E-state index in [1.807, 2.05) is 77.9 Å². The molecule has 116 valence electrons. The molecule has 0 fully saturated rings. The van der Waals surface area contributed by atoms with E-state index in [4.69, 9.17) is 4.42 Å². The first-order chi connectivity index (χ1) is 11.3. The molecule has 1 aromatic rings. The molecule has 0 atom stereocenters. The Balaban J connectivity index is 1.85. The van der Waals surface area contributed by atoms with Gasteiger partial charge >= 0.3 is 5.91 Å². The van der Waals surface area contributed by atoms with Crippen molar-refractivity contribution in [2.24, 2.45) is 0 Å². The lowest BCUT2D eigenvalue weighted by molar-refractivity contribution is 0.0717. The quantitative estimate of drug-likeness (QED) is 0.868. The van der Waals surface area contributed by atoms with Gasteiger partial charge in [-0.25, -0.2) is 0 Å². The number of carbonyl (C=O) groups excluding carboxylic acids is 1. The van der Waals surface area contributed by atoms with E-state index >= 15 is 0 Å². The molecule has 0 saturated carbocycles. The Labute approximate surface area is 135 Å². The van der Waals surface area contributed by atoms with E-state index in [-0.39, 0.29) is 23.8 Å². The van der Waals surface area contributed by atoms with Gasteiger partial charge in [0.1, 0.15) is 0 Å².